The third-order valence-electron chi connectivity index (χ3n) is 5.12. The molecule has 9 nitrogen and oxygen atoms in total. The second-order valence-electron chi connectivity index (χ2n) is 6.80. The van der Waals surface area contributed by atoms with Gasteiger partial charge >= 0.3 is 11.8 Å². The summed E-state index contributed by atoms with van der Waals surface area (Å²) >= 11 is 0. The molecule has 0 atom stereocenters. The lowest BCUT2D eigenvalue weighted by atomic mass is 10.2. The number of piperazine rings is 2. The van der Waals surface area contributed by atoms with Gasteiger partial charge in [0, 0.05) is 70.9 Å². The van der Waals surface area contributed by atoms with Crippen LogP contribution in [0.25, 0.3) is 0 Å². The smallest absolute Gasteiger partial charge is 0.312 e. The fraction of sp³-hybridized carbons (Fsp3) is 0.421. The first-order valence-corrected chi connectivity index (χ1v) is 9.48. The standard InChI is InChI=1S/C19H23N7O2/c27-17(24-10-8-23(9-11-24)16-4-1-2-5-20-16)18(28)25-12-14-26(15-13-25)19-21-6-3-7-22-19/h1-7H,8-15H2. The van der Waals surface area contributed by atoms with Crippen molar-refractivity contribution in [3.63, 3.8) is 0 Å². The molecule has 2 saturated heterocycles. The molecule has 0 saturated carbocycles. The first-order chi connectivity index (χ1) is 13.7. The normalized spacial score (nSPS) is 17.6. The van der Waals surface area contributed by atoms with E-state index in [2.05, 4.69) is 19.9 Å². The van der Waals surface area contributed by atoms with Gasteiger partial charge in [-0.25, -0.2) is 15.0 Å². The topological polar surface area (TPSA) is 85.8 Å². The highest BCUT2D eigenvalue weighted by Crippen LogP contribution is 2.14. The van der Waals surface area contributed by atoms with Crippen LogP contribution in [0.1, 0.15) is 0 Å². The molecule has 2 amide bonds. The predicted octanol–water partition coefficient (Wildman–Crippen LogP) is -0.131. The minimum Gasteiger partial charge on any atom is -0.353 e. The molecule has 4 heterocycles. The first kappa shape index (κ1) is 18.1. The van der Waals surface area contributed by atoms with Crippen LogP contribution in [0.15, 0.2) is 42.9 Å². The number of hydrogen-bond acceptors (Lipinski definition) is 7. The fourth-order valence-electron chi connectivity index (χ4n) is 3.51. The Balaban J connectivity index is 1.28. The van der Waals surface area contributed by atoms with Crippen LogP contribution in [0.4, 0.5) is 11.8 Å². The molecule has 0 aromatic carbocycles. The maximum Gasteiger partial charge on any atom is 0.312 e. The van der Waals surface area contributed by atoms with Crippen LogP contribution in [0, 0.1) is 0 Å². The SMILES string of the molecule is O=C(C(=O)N1CCN(c2ncccn2)CC1)N1CCN(c2ccccn2)CC1. The Hall–Kier alpha value is -3.23. The lowest BCUT2D eigenvalue weighted by molar-refractivity contribution is -0.152. The number of hydrogen-bond donors (Lipinski definition) is 0. The van der Waals surface area contributed by atoms with Crippen LogP contribution in [0.5, 0.6) is 0 Å². The van der Waals surface area contributed by atoms with Crippen molar-refractivity contribution in [3.05, 3.63) is 42.9 Å². The van der Waals surface area contributed by atoms with E-state index in [9.17, 15) is 9.59 Å². The molecular weight excluding hydrogens is 358 g/mol. The molecule has 0 radical (unpaired) electrons. The Kier molecular flexibility index (Phi) is 5.31. The van der Waals surface area contributed by atoms with Crippen LogP contribution >= 0.6 is 0 Å². The van der Waals surface area contributed by atoms with Gasteiger partial charge in [-0.05, 0) is 18.2 Å². The maximum atomic E-state index is 12.7. The number of amides is 2. The highest BCUT2D eigenvalue weighted by atomic mass is 16.2. The highest BCUT2D eigenvalue weighted by molar-refractivity contribution is 6.35. The van der Waals surface area contributed by atoms with Crippen molar-refractivity contribution in [1.29, 1.82) is 0 Å². The molecule has 2 aliphatic heterocycles. The summed E-state index contributed by atoms with van der Waals surface area (Å²) in [5.41, 5.74) is 0. The number of carbonyl (C=O) groups is 2. The molecule has 0 unspecified atom stereocenters. The van der Waals surface area contributed by atoms with Gasteiger partial charge < -0.3 is 19.6 Å². The van der Waals surface area contributed by atoms with E-state index in [0.29, 0.717) is 58.3 Å². The van der Waals surface area contributed by atoms with Gasteiger partial charge in [-0.1, -0.05) is 6.07 Å². The average molecular weight is 381 g/mol. The van der Waals surface area contributed by atoms with E-state index in [1.807, 2.05) is 23.1 Å². The lowest BCUT2D eigenvalue weighted by Gasteiger charge is -2.37. The third-order valence-corrected chi connectivity index (χ3v) is 5.12. The molecule has 2 aromatic heterocycles. The summed E-state index contributed by atoms with van der Waals surface area (Å²) in [6.45, 7) is 4.64. The van der Waals surface area contributed by atoms with Crippen molar-refractivity contribution in [1.82, 2.24) is 24.8 Å². The van der Waals surface area contributed by atoms with Crippen LogP contribution in [0.2, 0.25) is 0 Å². The second kappa shape index (κ2) is 8.20. The molecule has 0 aliphatic carbocycles. The Morgan fingerprint density at radius 3 is 1.71 bits per heavy atom. The Labute approximate surface area is 163 Å². The quantitative estimate of drug-likeness (QED) is 0.670. The Morgan fingerprint density at radius 2 is 1.18 bits per heavy atom. The minimum atomic E-state index is -0.417. The zero-order chi connectivity index (χ0) is 19.3. The molecular formula is C19H23N7O2. The molecule has 0 N–H and O–H groups in total. The summed E-state index contributed by atoms with van der Waals surface area (Å²) in [6.07, 6.45) is 5.17. The zero-order valence-electron chi connectivity index (χ0n) is 15.6. The number of nitrogens with zero attached hydrogens (tertiary/aromatic N) is 7. The van der Waals surface area contributed by atoms with Gasteiger partial charge in [0.05, 0.1) is 0 Å². The minimum absolute atomic E-state index is 0.412. The third kappa shape index (κ3) is 3.88. The van der Waals surface area contributed by atoms with E-state index >= 15 is 0 Å². The lowest BCUT2D eigenvalue weighted by Crippen LogP contribution is -2.56. The summed E-state index contributed by atoms with van der Waals surface area (Å²) in [7, 11) is 0. The average Bonchev–Trinajstić information content (AvgIpc) is 2.79. The van der Waals surface area contributed by atoms with E-state index in [0.717, 1.165) is 5.82 Å². The van der Waals surface area contributed by atoms with Crippen molar-refractivity contribution >= 4 is 23.6 Å². The van der Waals surface area contributed by atoms with Gasteiger partial charge in [0.1, 0.15) is 5.82 Å². The fourth-order valence-corrected chi connectivity index (χ4v) is 3.51. The van der Waals surface area contributed by atoms with Gasteiger partial charge in [0.25, 0.3) is 0 Å². The van der Waals surface area contributed by atoms with E-state index < -0.39 is 11.8 Å². The van der Waals surface area contributed by atoms with E-state index in [4.69, 9.17) is 0 Å². The van der Waals surface area contributed by atoms with Gasteiger partial charge in [-0.3, -0.25) is 9.59 Å². The van der Waals surface area contributed by atoms with Crippen molar-refractivity contribution < 1.29 is 9.59 Å². The number of anilines is 2. The van der Waals surface area contributed by atoms with E-state index in [-0.39, 0.29) is 0 Å². The van der Waals surface area contributed by atoms with Crippen molar-refractivity contribution in [2.24, 2.45) is 0 Å². The second-order valence-corrected chi connectivity index (χ2v) is 6.80. The molecule has 9 heteroatoms. The number of aromatic nitrogens is 3. The molecule has 2 aliphatic rings. The summed E-state index contributed by atoms with van der Waals surface area (Å²) in [6, 6.07) is 7.56. The van der Waals surface area contributed by atoms with Crippen LogP contribution < -0.4 is 9.80 Å². The predicted molar refractivity (Wildman–Crippen MR) is 104 cm³/mol. The molecule has 4 rings (SSSR count). The Morgan fingerprint density at radius 1 is 0.643 bits per heavy atom. The highest BCUT2D eigenvalue weighted by Gasteiger charge is 2.31. The first-order valence-electron chi connectivity index (χ1n) is 9.48. The summed E-state index contributed by atoms with van der Waals surface area (Å²) < 4.78 is 0. The molecule has 146 valence electrons. The summed E-state index contributed by atoms with van der Waals surface area (Å²) in [5.74, 6) is 0.733. The van der Waals surface area contributed by atoms with Crippen LogP contribution in [-0.2, 0) is 9.59 Å². The number of rotatable bonds is 2. The van der Waals surface area contributed by atoms with Crippen molar-refractivity contribution in [2.45, 2.75) is 0 Å². The monoisotopic (exact) mass is 381 g/mol. The van der Waals surface area contributed by atoms with Crippen LogP contribution in [0.3, 0.4) is 0 Å². The zero-order valence-corrected chi connectivity index (χ0v) is 15.6. The van der Waals surface area contributed by atoms with Crippen molar-refractivity contribution in [2.75, 3.05) is 62.2 Å². The van der Waals surface area contributed by atoms with Crippen molar-refractivity contribution in [3.8, 4) is 0 Å². The van der Waals surface area contributed by atoms with Crippen LogP contribution in [-0.4, -0.2) is 88.9 Å². The van der Waals surface area contributed by atoms with Gasteiger partial charge in [0.15, 0.2) is 0 Å². The van der Waals surface area contributed by atoms with Gasteiger partial charge in [-0.2, -0.15) is 0 Å². The van der Waals surface area contributed by atoms with E-state index in [1.54, 1.807) is 34.5 Å². The van der Waals surface area contributed by atoms with Gasteiger partial charge in [-0.15, -0.1) is 0 Å². The molecule has 0 spiro atoms. The van der Waals surface area contributed by atoms with Gasteiger partial charge in [0.2, 0.25) is 5.95 Å². The number of pyridine rings is 1. The molecule has 28 heavy (non-hydrogen) atoms. The molecule has 2 aromatic rings. The summed E-state index contributed by atoms with van der Waals surface area (Å²) in [4.78, 5) is 45.6. The molecule has 2 fully saturated rings. The maximum absolute atomic E-state index is 12.7. The largest absolute Gasteiger partial charge is 0.353 e. The van der Waals surface area contributed by atoms with E-state index in [1.165, 1.54) is 0 Å². The Bertz CT molecular complexity index is 732. The number of carbonyl (C=O) groups excluding carboxylic acids is 2. The molecule has 0 bridgehead atoms. The summed E-state index contributed by atoms with van der Waals surface area (Å²) in [5, 5.41) is 0.